The van der Waals surface area contributed by atoms with Crippen molar-refractivity contribution in [3.05, 3.63) is 53.1 Å². The van der Waals surface area contributed by atoms with Gasteiger partial charge in [0.15, 0.2) is 0 Å². The van der Waals surface area contributed by atoms with Crippen LogP contribution in [0.1, 0.15) is 23.2 Å². The van der Waals surface area contributed by atoms with Crippen molar-refractivity contribution in [2.75, 3.05) is 29.6 Å². The lowest BCUT2D eigenvalue weighted by Gasteiger charge is -2.15. The van der Waals surface area contributed by atoms with Gasteiger partial charge in [-0.2, -0.15) is 0 Å². The molecule has 3 amide bonds. The Morgan fingerprint density at radius 3 is 2.23 bits per heavy atom. The van der Waals surface area contributed by atoms with Gasteiger partial charge in [0.25, 0.3) is 5.91 Å². The van der Waals surface area contributed by atoms with Gasteiger partial charge in [-0.15, -0.1) is 0 Å². The van der Waals surface area contributed by atoms with Crippen molar-refractivity contribution >= 4 is 40.6 Å². The number of carbonyl (C=O) groups excluding carboxylic acids is 2. The number of carbonyl (C=O) groups is 2. The van der Waals surface area contributed by atoms with Crippen LogP contribution in [0, 0.1) is 0 Å². The molecule has 6 nitrogen and oxygen atoms in total. The van der Waals surface area contributed by atoms with Gasteiger partial charge in [-0.05, 0) is 55.3 Å². The lowest BCUT2D eigenvalue weighted by molar-refractivity contribution is 0.102. The molecule has 3 N–H and O–H groups in total. The molecule has 0 bridgehead atoms. The molecule has 26 heavy (non-hydrogen) atoms. The van der Waals surface area contributed by atoms with Crippen molar-refractivity contribution in [1.82, 2.24) is 5.32 Å². The van der Waals surface area contributed by atoms with Gasteiger partial charge in [0.1, 0.15) is 0 Å². The number of anilines is 3. The molecule has 0 saturated heterocycles. The predicted octanol–water partition coefficient (Wildman–Crippen LogP) is 3.94. The van der Waals surface area contributed by atoms with E-state index in [0.717, 1.165) is 18.5 Å². The van der Waals surface area contributed by atoms with Gasteiger partial charge in [-0.1, -0.05) is 11.6 Å². The second-order valence-electron chi connectivity index (χ2n) is 6.46. The minimum atomic E-state index is -0.243. The van der Waals surface area contributed by atoms with Crippen LogP contribution in [0.2, 0.25) is 5.02 Å². The van der Waals surface area contributed by atoms with Crippen molar-refractivity contribution in [1.29, 1.82) is 0 Å². The summed E-state index contributed by atoms with van der Waals surface area (Å²) < 4.78 is 0. The molecule has 0 aromatic heterocycles. The SMILES string of the molecule is CN(C)c1ccc(NC(=O)c2ccc(NC(=O)NC3CC3)cc2)cc1Cl. The minimum absolute atomic E-state index is 0.222. The van der Waals surface area contributed by atoms with Crippen molar-refractivity contribution in [2.24, 2.45) is 0 Å². The zero-order valence-electron chi connectivity index (χ0n) is 14.7. The molecule has 2 aromatic rings. The molecule has 7 heteroatoms. The largest absolute Gasteiger partial charge is 0.376 e. The number of hydrogen-bond donors (Lipinski definition) is 3. The highest BCUT2D eigenvalue weighted by molar-refractivity contribution is 6.33. The molecule has 1 aliphatic rings. The zero-order valence-corrected chi connectivity index (χ0v) is 15.4. The second kappa shape index (κ2) is 7.66. The highest BCUT2D eigenvalue weighted by atomic mass is 35.5. The number of benzene rings is 2. The maximum atomic E-state index is 12.4. The van der Waals surface area contributed by atoms with Gasteiger partial charge in [0, 0.05) is 37.1 Å². The quantitative estimate of drug-likeness (QED) is 0.744. The van der Waals surface area contributed by atoms with Crippen LogP contribution in [0.15, 0.2) is 42.5 Å². The van der Waals surface area contributed by atoms with E-state index in [2.05, 4.69) is 16.0 Å². The van der Waals surface area contributed by atoms with E-state index in [9.17, 15) is 9.59 Å². The lowest BCUT2D eigenvalue weighted by Crippen LogP contribution is -2.30. The van der Waals surface area contributed by atoms with Crippen LogP contribution in [0.4, 0.5) is 21.9 Å². The number of halogens is 1. The van der Waals surface area contributed by atoms with Gasteiger partial charge in [0.05, 0.1) is 10.7 Å². The maximum Gasteiger partial charge on any atom is 0.319 e. The van der Waals surface area contributed by atoms with Crippen LogP contribution >= 0.6 is 11.6 Å². The van der Waals surface area contributed by atoms with E-state index in [1.54, 1.807) is 36.4 Å². The van der Waals surface area contributed by atoms with Crippen LogP contribution in [0.5, 0.6) is 0 Å². The third-order valence-electron chi connectivity index (χ3n) is 4.00. The summed E-state index contributed by atoms with van der Waals surface area (Å²) in [5, 5.41) is 8.98. The topological polar surface area (TPSA) is 73.5 Å². The molecule has 136 valence electrons. The molecular weight excluding hydrogens is 352 g/mol. The average Bonchev–Trinajstić information content (AvgIpc) is 3.39. The Kier molecular flexibility index (Phi) is 5.32. The third kappa shape index (κ3) is 4.67. The first kappa shape index (κ1) is 18.1. The standard InChI is InChI=1S/C19H21ClN4O2/c1-24(2)17-10-9-15(11-16(17)20)21-18(25)12-3-5-13(6-4-12)22-19(26)23-14-7-8-14/h3-6,9-11,14H,7-8H2,1-2H3,(H,21,25)(H2,22,23,26). The smallest absolute Gasteiger partial charge is 0.319 e. The Morgan fingerprint density at radius 1 is 1.00 bits per heavy atom. The van der Waals surface area contributed by atoms with E-state index in [4.69, 9.17) is 11.6 Å². The van der Waals surface area contributed by atoms with Gasteiger partial charge in [0.2, 0.25) is 0 Å². The number of urea groups is 1. The van der Waals surface area contributed by atoms with Crippen LogP contribution in [-0.4, -0.2) is 32.1 Å². The van der Waals surface area contributed by atoms with Crippen molar-refractivity contribution in [3.8, 4) is 0 Å². The summed E-state index contributed by atoms with van der Waals surface area (Å²) in [6.07, 6.45) is 2.07. The molecule has 2 aromatic carbocycles. The van der Waals surface area contributed by atoms with Gasteiger partial charge in [-0.25, -0.2) is 4.79 Å². The Hall–Kier alpha value is -2.73. The average molecular weight is 373 g/mol. The van der Waals surface area contributed by atoms with Crippen molar-refractivity contribution in [2.45, 2.75) is 18.9 Å². The van der Waals surface area contributed by atoms with E-state index in [1.165, 1.54) is 0 Å². The minimum Gasteiger partial charge on any atom is -0.376 e. The molecule has 1 aliphatic carbocycles. The summed E-state index contributed by atoms with van der Waals surface area (Å²) in [4.78, 5) is 26.0. The van der Waals surface area contributed by atoms with E-state index >= 15 is 0 Å². The summed E-state index contributed by atoms with van der Waals surface area (Å²) >= 11 is 6.22. The lowest BCUT2D eigenvalue weighted by atomic mass is 10.2. The Balaban J connectivity index is 1.60. The molecule has 0 radical (unpaired) electrons. The molecule has 1 saturated carbocycles. The van der Waals surface area contributed by atoms with Gasteiger partial charge >= 0.3 is 6.03 Å². The van der Waals surface area contributed by atoms with E-state index in [1.807, 2.05) is 25.1 Å². The number of rotatable bonds is 5. The first-order chi connectivity index (χ1) is 12.4. The van der Waals surface area contributed by atoms with Gasteiger partial charge < -0.3 is 20.9 Å². The van der Waals surface area contributed by atoms with Gasteiger partial charge in [-0.3, -0.25) is 4.79 Å². The molecular formula is C19H21ClN4O2. The van der Waals surface area contributed by atoms with Crippen LogP contribution < -0.4 is 20.9 Å². The fourth-order valence-electron chi connectivity index (χ4n) is 2.44. The summed E-state index contributed by atoms with van der Waals surface area (Å²) in [6.45, 7) is 0. The molecule has 0 heterocycles. The van der Waals surface area contributed by atoms with E-state index < -0.39 is 0 Å². The number of nitrogens with one attached hydrogen (secondary N) is 3. The molecule has 3 rings (SSSR count). The fourth-order valence-corrected chi connectivity index (χ4v) is 2.79. The van der Waals surface area contributed by atoms with E-state index in [-0.39, 0.29) is 11.9 Å². The van der Waals surface area contributed by atoms with Crippen LogP contribution in [-0.2, 0) is 0 Å². The highest BCUT2D eigenvalue weighted by Gasteiger charge is 2.23. The summed E-state index contributed by atoms with van der Waals surface area (Å²) in [5.41, 5.74) is 2.63. The molecule has 1 fully saturated rings. The van der Waals surface area contributed by atoms with E-state index in [0.29, 0.717) is 28.0 Å². The highest BCUT2D eigenvalue weighted by Crippen LogP contribution is 2.27. The molecule has 0 aliphatic heterocycles. The van der Waals surface area contributed by atoms with Crippen molar-refractivity contribution < 1.29 is 9.59 Å². The number of hydrogen-bond acceptors (Lipinski definition) is 3. The zero-order chi connectivity index (χ0) is 18.7. The molecule has 0 spiro atoms. The number of nitrogens with zero attached hydrogens (tertiary/aromatic N) is 1. The fraction of sp³-hybridized carbons (Fsp3) is 0.263. The second-order valence-corrected chi connectivity index (χ2v) is 6.87. The number of amides is 3. The summed E-state index contributed by atoms with van der Waals surface area (Å²) in [7, 11) is 3.81. The van der Waals surface area contributed by atoms with Crippen molar-refractivity contribution in [3.63, 3.8) is 0 Å². The Bertz CT molecular complexity index is 817. The molecule has 0 unspecified atom stereocenters. The normalized spacial score (nSPS) is 13.0. The first-order valence-corrected chi connectivity index (χ1v) is 8.76. The predicted molar refractivity (Wildman–Crippen MR) is 105 cm³/mol. The Morgan fingerprint density at radius 2 is 1.65 bits per heavy atom. The van der Waals surface area contributed by atoms with Crippen LogP contribution in [0.25, 0.3) is 0 Å². The monoisotopic (exact) mass is 372 g/mol. The third-order valence-corrected chi connectivity index (χ3v) is 4.31. The summed E-state index contributed by atoms with van der Waals surface area (Å²) in [6, 6.07) is 12.2. The summed E-state index contributed by atoms with van der Waals surface area (Å²) in [5.74, 6) is -0.243. The van der Waals surface area contributed by atoms with Crippen LogP contribution in [0.3, 0.4) is 0 Å². The maximum absolute atomic E-state index is 12.4. The first-order valence-electron chi connectivity index (χ1n) is 8.38. The molecule has 0 atom stereocenters. The Labute approximate surface area is 157 Å².